The molecule has 0 rings (SSSR count). The molecule has 0 aromatic rings. The van der Waals surface area contributed by atoms with Gasteiger partial charge in [0.05, 0.1) is 0 Å². The number of nitrogens with one attached hydrogen (secondary N) is 1. The molecule has 0 saturated carbocycles. The molecule has 0 atom stereocenters. The van der Waals surface area contributed by atoms with Gasteiger partial charge in [0.2, 0.25) is 10.9 Å². The Labute approximate surface area is 57.5 Å². The Balaban J connectivity index is 2.92. The third kappa shape index (κ3) is 7.91. The highest BCUT2D eigenvalue weighted by Gasteiger charge is 1.84. The zero-order valence-electron chi connectivity index (χ0n) is 5.59. The van der Waals surface area contributed by atoms with Crippen molar-refractivity contribution in [2.24, 2.45) is 0 Å². The average Bonchev–Trinajstić information content (AvgIpc) is 1.80. The van der Waals surface area contributed by atoms with E-state index in [1.54, 1.807) is 0 Å². The van der Waals surface area contributed by atoms with Crippen molar-refractivity contribution in [1.82, 2.24) is 4.72 Å². The lowest BCUT2D eigenvalue weighted by Gasteiger charge is -1.93. The monoisotopic (exact) mass is 151 g/mol. The highest BCUT2D eigenvalue weighted by Crippen LogP contribution is 1.90. The number of unbranched alkanes of at least 4 members (excludes halogenated alkanes) is 2. The molecule has 0 aliphatic rings. The lowest BCUT2D eigenvalue weighted by atomic mass is 10.3. The first kappa shape index (κ1) is 8.91. The average molecular weight is 151 g/mol. The van der Waals surface area contributed by atoms with E-state index >= 15 is 0 Å². The van der Waals surface area contributed by atoms with Crippen molar-refractivity contribution in [3.8, 4) is 0 Å². The van der Waals surface area contributed by atoms with Gasteiger partial charge in [-0.3, -0.25) is 0 Å². The first-order valence-electron chi connectivity index (χ1n) is 3.15. The van der Waals surface area contributed by atoms with Gasteiger partial charge in [0, 0.05) is 6.54 Å². The van der Waals surface area contributed by atoms with Crippen LogP contribution in [0.25, 0.3) is 0 Å². The number of thiol groups is 1. The van der Waals surface area contributed by atoms with E-state index in [1.165, 1.54) is 0 Å². The summed E-state index contributed by atoms with van der Waals surface area (Å²) in [6.45, 7) is 2.67. The van der Waals surface area contributed by atoms with Crippen LogP contribution in [0.5, 0.6) is 0 Å². The van der Waals surface area contributed by atoms with Crippen LogP contribution < -0.4 is 4.72 Å². The Hall–Kier alpha value is -0.0900. The van der Waals surface area contributed by atoms with E-state index in [4.69, 9.17) is 0 Å². The normalized spacial score (nSPS) is 10.4. The van der Waals surface area contributed by atoms with E-state index < -0.39 is 10.9 Å². The van der Waals surface area contributed by atoms with Crippen LogP contribution in [0.3, 0.4) is 0 Å². The van der Waals surface area contributed by atoms with Gasteiger partial charge < -0.3 is 0 Å². The quantitative estimate of drug-likeness (QED) is 0.438. The standard InChI is InChI=1S/C5H13NO2S/c1-2-3-4-5-6-9(7)8/h9H,2-5H2,1H3,(H,6,7,8). The lowest BCUT2D eigenvalue weighted by molar-refractivity contribution is 0.595. The summed E-state index contributed by atoms with van der Waals surface area (Å²) in [7, 11) is -2.37. The largest absolute Gasteiger partial charge is 0.218 e. The van der Waals surface area contributed by atoms with Gasteiger partial charge in [0.15, 0.2) is 0 Å². The van der Waals surface area contributed by atoms with Crippen molar-refractivity contribution in [3.63, 3.8) is 0 Å². The zero-order valence-corrected chi connectivity index (χ0v) is 6.49. The minimum atomic E-state index is -2.37. The molecule has 0 radical (unpaired) electrons. The van der Waals surface area contributed by atoms with Crippen LogP contribution in [-0.4, -0.2) is 15.0 Å². The number of rotatable bonds is 5. The van der Waals surface area contributed by atoms with E-state index in [0.717, 1.165) is 19.3 Å². The zero-order chi connectivity index (χ0) is 7.11. The molecule has 0 aromatic carbocycles. The Bertz CT molecular complexity index is 114. The van der Waals surface area contributed by atoms with Gasteiger partial charge in [-0.2, -0.15) is 0 Å². The van der Waals surface area contributed by atoms with Gasteiger partial charge in [-0.15, -0.1) is 0 Å². The molecule has 0 amide bonds. The summed E-state index contributed by atoms with van der Waals surface area (Å²) in [5.41, 5.74) is 0. The molecule has 4 heteroatoms. The molecular formula is C5H13NO2S. The van der Waals surface area contributed by atoms with E-state index in [2.05, 4.69) is 11.6 Å². The number of hydrogen-bond acceptors (Lipinski definition) is 2. The predicted octanol–water partition coefficient (Wildman–Crippen LogP) is 0.293. The molecule has 0 unspecified atom stereocenters. The van der Waals surface area contributed by atoms with E-state index in [1.807, 2.05) is 0 Å². The molecule has 9 heavy (non-hydrogen) atoms. The van der Waals surface area contributed by atoms with Crippen molar-refractivity contribution < 1.29 is 8.42 Å². The maximum atomic E-state index is 9.89. The van der Waals surface area contributed by atoms with Gasteiger partial charge in [-0.1, -0.05) is 19.8 Å². The van der Waals surface area contributed by atoms with Crippen molar-refractivity contribution in [1.29, 1.82) is 0 Å². The molecule has 1 N–H and O–H groups in total. The first-order valence-corrected chi connectivity index (χ1v) is 4.33. The summed E-state index contributed by atoms with van der Waals surface area (Å²) >= 11 is 0. The Morgan fingerprint density at radius 1 is 1.33 bits per heavy atom. The topological polar surface area (TPSA) is 46.2 Å². The van der Waals surface area contributed by atoms with Crippen LogP contribution >= 0.6 is 0 Å². The SMILES string of the molecule is CCCCCN[SH](=O)=O. The third-order valence-corrected chi connectivity index (χ3v) is 1.50. The van der Waals surface area contributed by atoms with Crippen molar-refractivity contribution in [3.05, 3.63) is 0 Å². The van der Waals surface area contributed by atoms with Crippen LogP contribution in [-0.2, 0) is 10.9 Å². The summed E-state index contributed by atoms with van der Waals surface area (Å²) in [4.78, 5) is 0. The molecular weight excluding hydrogens is 138 g/mol. The predicted molar refractivity (Wildman–Crippen MR) is 37.8 cm³/mol. The summed E-state index contributed by atoms with van der Waals surface area (Å²) in [5, 5.41) is 0. The van der Waals surface area contributed by atoms with Crippen LogP contribution in [0.1, 0.15) is 26.2 Å². The molecule has 0 bridgehead atoms. The van der Waals surface area contributed by atoms with Crippen molar-refractivity contribution in [2.45, 2.75) is 26.2 Å². The Kier molecular flexibility index (Phi) is 5.98. The van der Waals surface area contributed by atoms with E-state index in [-0.39, 0.29) is 0 Å². The fourth-order valence-corrected chi connectivity index (χ4v) is 0.886. The maximum Gasteiger partial charge on any atom is 0.201 e. The molecule has 0 spiro atoms. The molecule has 0 fully saturated rings. The molecule has 0 heterocycles. The third-order valence-electron chi connectivity index (χ3n) is 1.02. The number of hydrogen-bond donors (Lipinski definition) is 2. The Morgan fingerprint density at radius 3 is 2.44 bits per heavy atom. The first-order chi connectivity index (χ1) is 4.27. The van der Waals surface area contributed by atoms with E-state index in [0.29, 0.717) is 6.54 Å². The fraction of sp³-hybridized carbons (Fsp3) is 1.00. The highest BCUT2D eigenvalue weighted by molar-refractivity contribution is 7.70. The second-order valence-electron chi connectivity index (χ2n) is 1.87. The van der Waals surface area contributed by atoms with Gasteiger partial charge >= 0.3 is 0 Å². The molecule has 0 aliphatic heterocycles. The van der Waals surface area contributed by atoms with Gasteiger partial charge in [0.1, 0.15) is 0 Å². The van der Waals surface area contributed by atoms with Gasteiger partial charge in [-0.05, 0) is 6.42 Å². The molecule has 3 nitrogen and oxygen atoms in total. The van der Waals surface area contributed by atoms with Crippen LogP contribution in [0.2, 0.25) is 0 Å². The van der Waals surface area contributed by atoms with Crippen molar-refractivity contribution >= 4 is 10.9 Å². The summed E-state index contributed by atoms with van der Waals surface area (Å²) in [6, 6.07) is 0. The molecule has 0 aromatic heterocycles. The smallest absolute Gasteiger partial charge is 0.201 e. The second-order valence-corrected chi connectivity index (χ2v) is 2.70. The van der Waals surface area contributed by atoms with Crippen molar-refractivity contribution in [2.75, 3.05) is 6.54 Å². The second kappa shape index (κ2) is 6.04. The lowest BCUT2D eigenvalue weighted by Crippen LogP contribution is -2.11. The highest BCUT2D eigenvalue weighted by atomic mass is 32.2. The van der Waals surface area contributed by atoms with Crippen LogP contribution in [0.15, 0.2) is 0 Å². The summed E-state index contributed by atoms with van der Waals surface area (Å²) < 4.78 is 22.1. The van der Waals surface area contributed by atoms with Gasteiger partial charge in [-0.25, -0.2) is 13.1 Å². The molecule has 0 saturated heterocycles. The molecule has 56 valence electrons. The van der Waals surface area contributed by atoms with Crippen LogP contribution in [0, 0.1) is 0 Å². The minimum Gasteiger partial charge on any atom is -0.218 e. The van der Waals surface area contributed by atoms with E-state index in [9.17, 15) is 8.42 Å². The van der Waals surface area contributed by atoms with Crippen LogP contribution in [0.4, 0.5) is 0 Å². The fourth-order valence-electron chi connectivity index (χ4n) is 0.545. The van der Waals surface area contributed by atoms with Gasteiger partial charge in [0.25, 0.3) is 0 Å². The summed E-state index contributed by atoms with van der Waals surface area (Å²) in [5.74, 6) is 0. The maximum absolute atomic E-state index is 9.89. The Morgan fingerprint density at radius 2 is 2.00 bits per heavy atom. The summed E-state index contributed by atoms with van der Waals surface area (Å²) in [6.07, 6.45) is 3.16. The minimum absolute atomic E-state index is 0.590. The molecule has 0 aliphatic carbocycles.